The second kappa shape index (κ2) is 13.8. The molecule has 3 aromatic heterocycles. The van der Waals surface area contributed by atoms with Crippen molar-refractivity contribution in [2.45, 2.75) is 0 Å². The standard InChI is InChI=1S/C51H34N4/c1-6-16-35(17-7-1)40-26-28-48-43(30-40)44-31-41(51-53-46(38-22-12-4-13-23-38)34-47(54-51)39-24-14-5-15-25-39)27-29-49(44)55(48)50-33-42(36-18-8-2-9-19-36)32-45(52-50)37-20-10-3-11-21-37/h1-34H. The highest BCUT2D eigenvalue weighted by atomic mass is 15.1. The summed E-state index contributed by atoms with van der Waals surface area (Å²) in [4.78, 5) is 15.7. The predicted molar refractivity (Wildman–Crippen MR) is 227 cm³/mol. The van der Waals surface area contributed by atoms with Crippen LogP contribution in [-0.4, -0.2) is 19.5 Å². The average Bonchev–Trinajstić information content (AvgIpc) is 3.60. The van der Waals surface area contributed by atoms with E-state index in [1.165, 1.54) is 5.56 Å². The monoisotopic (exact) mass is 702 g/mol. The molecule has 10 rings (SSSR count). The Balaban J connectivity index is 1.23. The van der Waals surface area contributed by atoms with E-state index in [1.54, 1.807) is 0 Å². The van der Waals surface area contributed by atoms with E-state index in [0.29, 0.717) is 5.82 Å². The van der Waals surface area contributed by atoms with Gasteiger partial charge in [-0.3, -0.25) is 4.57 Å². The van der Waals surface area contributed by atoms with E-state index in [1.807, 2.05) is 18.2 Å². The second-order valence-electron chi connectivity index (χ2n) is 13.7. The van der Waals surface area contributed by atoms with Gasteiger partial charge in [-0.05, 0) is 70.8 Å². The molecule has 4 nitrogen and oxygen atoms in total. The minimum atomic E-state index is 0.679. The average molecular weight is 703 g/mol. The Morgan fingerprint density at radius 3 is 1.16 bits per heavy atom. The second-order valence-corrected chi connectivity index (χ2v) is 13.7. The number of hydrogen-bond acceptors (Lipinski definition) is 3. The molecule has 0 unspecified atom stereocenters. The summed E-state index contributed by atoms with van der Waals surface area (Å²) in [6, 6.07) is 72.0. The SMILES string of the molecule is c1ccc(-c2cc(-c3ccccc3)nc(-n3c4ccc(-c5ccccc5)cc4c4cc(-c5nc(-c6ccccc6)cc(-c6ccccc6)n5)ccc43)c2)cc1. The Labute approximate surface area is 319 Å². The minimum absolute atomic E-state index is 0.679. The minimum Gasteiger partial charge on any atom is -0.294 e. The van der Waals surface area contributed by atoms with Gasteiger partial charge in [0.05, 0.1) is 28.1 Å². The summed E-state index contributed by atoms with van der Waals surface area (Å²) in [5.41, 5.74) is 13.5. The van der Waals surface area contributed by atoms with Crippen LogP contribution < -0.4 is 0 Å². The number of benzene rings is 7. The van der Waals surface area contributed by atoms with Gasteiger partial charge in [0, 0.05) is 33.0 Å². The summed E-state index contributed by atoms with van der Waals surface area (Å²) in [5.74, 6) is 1.53. The summed E-state index contributed by atoms with van der Waals surface area (Å²) in [7, 11) is 0. The molecular weight excluding hydrogens is 669 g/mol. The van der Waals surface area contributed by atoms with Gasteiger partial charge in [0.2, 0.25) is 0 Å². The highest BCUT2D eigenvalue weighted by Gasteiger charge is 2.19. The zero-order valence-electron chi connectivity index (χ0n) is 29.9. The van der Waals surface area contributed by atoms with E-state index < -0.39 is 0 Å². The quantitative estimate of drug-likeness (QED) is 0.166. The Kier molecular flexibility index (Phi) is 8.12. The number of hydrogen-bond donors (Lipinski definition) is 0. The first-order valence-corrected chi connectivity index (χ1v) is 18.5. The molecule has 55 heavy (non-hydrogen) atoms. The Bertz CT molecular complexity index is 2820. The summed E-state index contributed by atoms with van der Waals surface area (Å²) >= 11 is 0. The summed E-state index contributed by atoms with van der Waals surface area (Å²) in [6.07, 6.45) is 0. The first kappa shape index (κ1) is 32.2. The van der Waals surface area contributed by atoms with Crippen LogP contribution in [0.1, 0.15) is 0 Å². The molecule has 3 heterocycles. The van der Waals surface area contributed by atoms with Crippen molar-refractivity contribution in [3.05, 3.63) is 206 Å². The maximum Gasteiger partial charge on any atom is 0.160 e. The van der Waals surface area contributed by atoms with Gasteiger partial charge in [0.1, 0.15) is 5.82 Å². The van der Waals surface area contributed by atoms with Gasteiger partial charge in [0.15, 0.2) is 5.82 Å². The van der Waals surface area contributed by atoms with Gasteiger partial charge in [0.25, 0.3) is 0 Å². The maximum atomic E-state index is 5.36. The van der Waals surface area contributed by atoms with Crippen LogP contribution in [0.15, 0.2) is 206 Å². The molecule has 0 aliphatic heterocycles. The van der Waals surface area contributed by atoms with Crippen LogP contribution >= 0.6 is 0 Å². The fourth-order valence-corrected chi connectivity index (χ4v) is 7.49. The number of fused-ring (bicyclic) bond motifs is 3. The topological polar surface area (TPSA) is 43.6 Å². The lowest BCUT2D eigenvalue weighted by Gasteiger charge is -2.13. The maximum absolute atomic E-state index is 5.36. The molecule has 0 aliphatic carbocycles. The van der Waals surface area contributed by atoms with Gasteiger partial charge in [-0.25, -0.2) is 15.0 Å². The van der Waals surface area contributed by atoms with Crippen molar-refractivity contribution in [3.8, 4) is 73.2 Å². The number of nitrogens with zero attached hydrogens (tertiary/aromatic N) is 4. The molecule has 0 spiro atoms. The van der Waals surface area contributed by atoms with Gasteiger partial charge in [-0.1, -0.05) is 158 Å². The van der Waals surface area contributed by atoms with Crippen LogP contribution in [0.5, 0.6) is 0 Å². The van der Waals surface area contributed by atoms with E-state index in [2.05, 4.69) is 193 Å². The molecule has 7 aromatic carbocycles. The van der Waals surface area contributed by atoms with Crippen LogP contribution in [0.4, 0.5) is 0 Å². The first-order chi connectivity index (χ1) is 27.2. The van der Waals surface area contributed by atoms with E-state index in [9.17, 15) is 0 Å². The Morgan fingerprint density at radius 2 is 0.673 bits per heavy atom. The van der Waals surface area contributed by atoms with Crippen molar-refractivity contribution in [1.82, 2.24) is 19.5 Å². The molecule has 0 N–H and O–H groups in total. The fourth-order valence-electron chi connectivity index (χ4n) is 7.49. The molecule has 0 aliphatic rings. The molecule has 4 heteroatoms. The molecular formula is C51H34N4. The normalized spacial score (nSPS) is 11.3. The third kappa shape index (κ3) is 6.16. The number of aromatic nitrogens is 4. The van der Waals surface area contributed by atoms with Gasteiger partial charge >= 0.3 is 0 Å². The molecule has 0 atom stereocenters. The highest BCUT2D eigenvalue weighted by molar-refractivity contribution is 6.11. The van der Waals surface area contributed by atoms with E-state index in [-0.39, 0.29) is 0 Å². The van der Waals surface area contributed by atoms with E-state index in [4.69, 9.17) is 15.0 Å². The lowest BCUT2D eigenvalue weighted by atomic mass is 10.0. The van der Waals surface area contributed by atoms with Crippen LogP contribution in [0.2, 0.25) is 0 Å². The van der Waals surface area contributed by atoms with Crippen molar-refractivity contribution in [1.29, 1.82) is 0 Å². The Morgan fingerprint density at radius 1 is 0.273 bits per heavy atom. The number of rotatable bonds is 7. The van der Waals surface area contributed by atoms with Crippen LogP contribution in [0.3, 0.4) is 0 Å². The van der Waals surface area contributed by atoms with Gasteiger partial charge in [-0.15, -0.1) is 0 Å². The molecule has 0 amide bonds. The predicted octanol–water partition coefficient (Wildman–Crippen LogP) is 13.0. The summed E-state index contributed by atoms with van der Waals surface area (Å²) in [5, 5.41) is 2.24. The van der Waals surface area contributed by atoms with Gasteiger partial charge in [-0.2, -0.15) is 0 Å². The molecule has 0 fully saturated rings. The van der Waals surface area contributed by atoms with Crippen molar-refractivity contribution in [3.63, 3.8) is 0 Å². The van der Waals surface area contributed by atoms with Crippen LogP contribution in [0.25, 0.3) is 95.0 Å². The van der Waals surface area contributed by atoms with Crippen LogP contribution in [0, 0.1) is 0 Å². The molecule has 0 bridgehead atoms. The number of pyridine rings is 1. The fraction of sp³-hybridized carbons (Fsp3) is 0. The first-order valence-electron chi connectivity index (χ1n) is 18.5. The summed E-state index contributed by atoms with van der Waals surface area (Å²) < 4.78 is 2.30. The van der Waals surface area contributed by atoms with E-state index >= 15 is 0 Å². The van der Waals surface area contributed by atoms with Crippen molar-refractivity contribution in [2.24, 2.45) is 0 Å². The zero-order chi connectivity index (χ0) is 36.6. The van der Waals surface area contributed by atoms with Crippen LogP contribution in [-0.2, 0) is 0 Å². The Hall–Kier alpha value is -7.43. The molecule has 10 aromatic rings. The van der Waals surface area contributed by atoms with Crippen molar-refractivity contribution >= 4 is 21.8 Å². The van der Waals surface area contributed by atoms with Crippen molar-refractivity contribution in [2.75, 3.05) is 0 Å². The van der Waals surface area contributed by atoms with Gasteiger partial charge < -0.3 is 0 Å². The third-order valence-corrected chi connectivity index (χ3v) is 10.2. The van der Waals surface area contributed by atoms with E-state index in [0.717, 1.165) is 83.6 Å². The van der Waals surface area contributed by atoms with Crippen molar-refractivity contribution < 1.29 is 0 Å². The summed E-state index contributed by atoms with van der Waals surface area (Å²) in [6.45, 7) is 0. The zero-order valence-corrected chi connectivity index (χ0v) is 29.9. The lowest BCUT2D eigenvalue weighted by molar-refractivity contribution is 1.08. The molecule has 0 saturated heterocycles. The third-order valence-electron chi connectivity index (χ3n) is 10.2. The molecule has 0 radical (unpaired) electrons. The largest absolute Gasteiger partial charge is 0.294 e. The molecule has 0 saturated carbocycles. The molecule has 258 valence electrons. The highest BCUT2D eigenvalue weighted by Crippen LogP contribution is 2.38. The smallest absolute Gasteiger partial charge is 0.160 e. The lowest BCUT2D eigenvalue weighted by Crippen LogP contribution is -2.00.